The molecule has 0 amide bonds. The predicted octanol–water partition coefficient (Wildman–Crippen LogP) is 5.55. The zero-order valence-electron chi connectivity index (χ0n) is 26.0. The summed E-state index contributed by atoms with van der Waals surface area (Å²) in [7, 11) is -0.274. The maximum Gasteiger partial charge on any atom is 0.191 e. The lowest BCUT2D eigenvalue weighted by molar-refractivity contribution is 0.0529. The molecule has 1 aromatic heterocycles. The number of ether oxygens (including phenoxy) is 3. The number of aliphatic hydroxyl groups excluding tert-OH is 1. The second-order valence-corrected chi connectivity index (χ2v) is 18.0. The van der Waals surface area contributed by atoms with Gasteiger partial charge in [-0.25, -0.2) is 0 Å². The average molecular weight is 594 g/mol. The number of aromatic nitrogens is 1. The van der Waals surface area contributed by atoms with E-state index in [0.29, 0.717) is 44.1 Å². The van der Waals surface area contributed by atoms with Crippen molar-refractivity contribution >= 4 is 19.2 Å². The van der Waals surface area contributed by atoms with Gasteiger partial charge in [-0.05, 0) is 66.5 Å². The number of aliphatic hydroxyl groups is 1. The van der Waals surface area contributed by atoms with Crippen LogP contribution in [0, 0.1) is 5.92 Å². The van der Waals surface area contributed by atoms with Crippen molar-refractivity contribution in [3.63, 3.8) is 0 Å². The van der Waals surface area contributed by atoms with Crippen molar-refractivity contribution in [1.82, 2.24) is 15.2 Å². The summed E-state index contributed by atoms with van der Waals surface area (Å²) < 4.78 is 23.7. The molecule has 9 heteroatoms. The Morgan fingerprint density at radius 1 is 1.12 bits per heavy atom. The summed E-state index contributed by atoms with van der Waals surface area (Å²) in [6.45, 7) is 16.5. The number of pyridine rings is 1. The Morgan fingerprint density at radius 2 is 1.90 bits per heavy atom. The minimum atomic E-state index is -1.91. The van der Waals surface area contributed by atoms with Crippen LogP contribution < -0.4 is 19.5 Å². The summed E-state index contributed by atoms with van der Waals surface area (Å²) in [5.74, 6) is 2.63. The molecule has 5 rings (SSSR count). The van der Waals surface area contributed by atoms with E-state index in [2.05, 4.69) is 61.2 Å². The fraction of sp³-hybridized carbons (Fsp3) is 0.545. The Morgan fingerprint density at radius 3 is 2.67 bits per heavy atom. The van der Waals surface area contributed by atoms with Crippen LogP contribution in [0.3, 0.4) is 0 Å². The number of hydrogen-bond donors (Lipinski definition) is 2. The molecular formula is C33H47N3O5Si. The van der Waals surface area contributed by atoms with Gasteiger partial charge >= 0.3 is 0 Å². The molecule has 0 aliphatic carbocycles. The molecule has 42 heavy (non-hydrogen) atoms. The Labute approximate surface area is 251 Å². The van der Waals surface area contributed by atoms with Crippen molar-refractivity contribution in [2.45, 2.75) is 64.0 Å². The predicted molar refractivity (Wildman–Crippen MR) is 169 cm³/mol. The first-order chi connectivity index (χ1) is 20.0. The van der Waals surface area contributed by atoms with E-state index >= 15 is 0 Å². The van der Waals surface area contributed by atoms with Gasteiger partial charge in [-0.3, -0.25) is 9.88 Å². The third-order valence-corrected chi connectivity index (χ3v) is 13.7. The molecule has 8 nitrogen and oxygen atoms in total. The van der Waals surface area contributed by atoms with Gasteiger partial charge in [-0.2, -0.15) is 0 Å². The molecule has 0 radical (unpaired) electrons. The van der Waals surface area contributed by atoms with Crippen molar-refractivity contribution in [3.05, 3.63) is 59.8 Å². The van der Waals surface area contributed by atoms with Crippen LogP contribution in [0.2, 0.25) is 18.1 Å². The highest BCUT2D eigenvalue weighted by Crippen LogP contribution is 2.37. The van der Waals surface area contributed by atoms with Gasteiger partial charge in [0.25, 0.3) is 0 Å². The molecule has 2 N–H and O–H groups in total. The lowest BCUT2D eigenvalue weighted by Crippen LogP contribution is -2.53. The lowest BCUT2D eigenvalue weighted by Gasteiger charge is -2.43. The van der Waals surface area contributed by atoms with Gasteiger partial charge in [0.1, 0.15) is 19.0 Å². The van der Waals surface area contributed by atoms with Crippen molar-refractivity contribution < 1.29 is 23.7 Å². The first-order valence-electron chi connectivity index (χ1n) is 15.1. The van der Waals surface area contributed by atoms with Gasteiger partial charge in [-0.1, -0.05) is 39.0 Å². The maximum absolute atomic E-state index is 11.4. The Bertz CT molecular complexity index is 1360. The third-order valence-electron chi connectivity index (χ3n) is 9.22. The number of rotatable bonds is 10. The molecule has 3 atom stereocenters. The van der Waals surface area contributed by atoms with Crippen LogP contribution >= 0.6 is 0 Å². The quantitative estimate of drug-likeness (QED) is 0.296. The van der Waals surface area contributed by atoms with E-state index in [1.54, 1.807) is 13.3 Å². The van der Waals surface area contributed by atoms with Crippen molar-refractivity contribution in [2.75, 3.05) is 46.6 Å². The SMILES string of the molecule is COc1cnc2cccc(C(O)CN3CCC(NCc4ccc5c(c4)OCCO5)C(CO[Si](C)(C)C(C)(C)C)C3)c2c1. The Hall–Kier alpha value is -2.69. The fourth-order valence-electron chi connectivity index (χ4n) is 5.59. The number of benzene rings is 2. The van der Waals surface area contributed by atoms with Gasteiger partial charge in [0.15, 0.2) is 19.8 Å². The standard InChI is InChI=1S/C33H47N3O5Si/c1-33(2,3)42(5,6)41-22-24-20-36(21-30(37)26-8-7-9-29-27(26)17-25(38-4)19-35-29)13-12-28(24)34-18-23-10-11-31-32(16-23)40-15-14-39-31/h7-11,16-17,19,24,28,30,34,37H,12-15,18,20-22H2,1-6H3. The first kappa shape index (κ1) is 30.8. The molecule has 2 aliphatic rings. The van der Waals surface area contributed by atoms with Gasteiger partial charge in [0.05, 0.1) is 24.9 Å². The van der Waals surface area contributed by atoms with Crippen LogP contribution in [0.4, 0.5) is 0 Å². The molecule has 2 aliphatic heterocycles. The summed E-state index contributed by atoms with van der Waals surface area (Å²) >= 11 is 0. The minimum absolute atomic E-state index is 0.148. The highest BCUT2D eigenvalue weighted by atomic mass is 28.4. The van der Waals surface area contributed by atoms with Crippen molar-refractivity contribution in [1.29, 1.82) is 0 Å². The van der Waals surface area contributed by atoms with Crippen LogP contribution in [-0.2, 0) is 11.0 Å². The van der Waals surface area contributed by atoms with E-state index in [4.69, 9.17) is 18.6 Å². The van der Waals surface area contributed by atoms with E-state index < -0.39 is 14.4 Å². The van der Waals surface area contributed by atoms with Gasteiger partial charge < -0.3 is 29.1 Å². The number of methoxy groups -OCH3 is 1. The smallest absolute Gasteiger partial charge is 0.191 e. The molecule has 3 unspecified atom stereocenters. The largest absolute Gasteiger partial charge is 0.495 e. The average Bonchev–Trinajstić information content (AvgIpc) is 2.98. The molecule has 228 valence electrons. The fourth-order valence-corrected chi connectivity index (χ4v) is 6.65. The third kappa shape index (κ3) is 7.09. The van der Waals surface area contributed by atoms with E-state index in [9.17, 15) is 5.11 Å². The molecule has 1 fully saturated rings. The molecule has 3 aromatic rings. The van der Waals surface area contributed by atoms with Crippen LogP contribution in [0.15, 0.2) is 48.7 Å². The summed E-state index contributed by atoms with van der Waals surface area (Å²) in [6.07, 6.45) is 2.06. The topological polar surface area (TPSA) is 85.3 Å². The number of piperidine rings is 1. The number of hydrogen-bond acceptors (Lipinski definition) is 8. The number of nitrogens with one attached hydrogen (secondary N) is 1. The monoisotopic (exact) mass is 593 g/mol. The molecule has 0 saturated carbocycles. The highest BCUT2D eigenvalue weighted by Gasteiger charge is 2.39. The van der Waals surface area contributed by atoms with E-state index in [-0.39, 0.29) is 5.04 Å². The zero-order valence-corrected chi connectivity index (χ0v) is 27.0. The van der Waals surface area contributed by atoms with E-state index in [1.807, 2.05) is 30.3 Å². The number of β-amino-alcohol motifs (C(OH)–C–C–N with tert-alkyl or cyclic N) is 1. The Kier molecular flexibility index (Phi) is 9.44. The van der Waals surface area contributed by atoms with E-state index in [1.165, 1.54) is 5.56 Å². The van der Waals surface area contributed by atoms with Crippen LogP contribution in [0.5, 0.6) is 17.2 Å². The second kappa shape index (κ2) is 12.9. The number of nitrogens with zero attached hydrogens (tertiary/aromatic N) is 2. The normalized spacial score (nSPS) is 20.5. The lowest BCUT2D eigenvalue weighted by atomic mass is 9.91. The van der Waals surface area contributed by atoms with Crippen LogP contribution in [0.25, 0.3) is 10.9 Å². The van der Waals surface area contributed by atoms with Crippen LogP contribution in [-0.4, -0.2) is 75.9 Å². The highest BCUT2D eigenvalue weighted by molar-refractivity contribution is 6.74. The minimum Gasteiger partial charge on any atom is -0.495 e. The zero-order chi connectivity index (χ0) is 29.9. The summed E-state index contributed by atoms with van der Waals surface area (Å²) in [4.78, 5) is 6.90. The van der Waals surface area contributed by atoms with Gasteiger partial charge in [-0.15, -0.1) is 0 Å². The van der Waals surface area contributed by atoms with Crippen molar-refractivity contribution in [2.24, 2.45) is 5.92 Å². The Balaban J connectivity index is 1.28. The van der Waals surface area contributed by atoms with E-state index in [0.717, 1.165) is 54.0 Å². The van der Waals surface area contributed by atoms with Gasteiger partial charge in [0.2, 0.25) is 0 Å². The maximum atomic E-state index is 11.4. The van der Waals surface area contributed by atoms with Crippen molar-refractivity contribution in [3.8, 4) is 17.2 Å². The number of likely N-dealkylation sites (tertiary alicyclic amines) is 1. The summed E-state index contributed by atoms with van der Waals surface area (Å²) in [5.41, 5.74) is 2.92. The molecule has 1 saturated heterocycles. The molecule has 0 spiro atoms. The first-order valence-corrected chi connectivity index (χ1v) is 18.0. The molecule has 2 aromatic carbocycles. The molecule has 3 heterocycles. The molecule has 0 bridgehead atoms. The second-order valence-electron chi connectivity index (χ2n) is 13.1. The summed E-state index contributed by atoms with van der Waals surface area (Å²) in [6, 6.07) is 14.4. The van der Waals surface area contributed by atoms with Gasteiger partial charge in [0, 0.05) is 43.6 Å². The number of fused-ring (bicyclic) bond motifs is 2. The summed E-state index contributed by atoms with van der Waals surface area (Å²) in [5, 5.41) is 16.3. The molecular weight excluding hydrogens is 546 g/mol. The van der Waals surface area contributed by atoms with Crippen LogP contribution in [0.1, 0.15) is 44.4 Å².